The Morgan fingerprint density at radius 2 is 2.05 bits per heavy atom. The summed E-state index contributed by atoms with van der Waals surface area (Å²) in [5, 5.41) is 4.21. The van der Waals surface area contributed by atoms with Gasteiger partial charge in [0.2, 0.25) is 0 Å². The maximum atomic E-state index is 13.1. The predicted octanol–water partition coefficient (Wildman–Crippen LogP) is 3.47. The molecule has 0 unspecified atom stereocenters. The number of hydrogen-bond donors (Lipinski definition) is 0. The number of esters is 1. The van der Waals surface area contributed by atoms with E-state index in [1.807, 2.05) is 0 Å². The smallest absolute Gasteiger partial charge is 0.343 e. The minimum Gasteiger partial charge on any atom is -0.462 e. The third-order valence-corrected chi connectivity index (χ3v) is 3.68. The molecule has 0 aliphatic heterocycles. The zero-order valence-electron chi connectivity index (χ0n) is 11.6. The van der Waals surface area contributed by atoms with E-state index in [0.29, 0.717) is 15.8 Å². The minimum atomic E-state index is -0.475. The fourth-order valence-electron chi connectivity index (χ4n) is 2.13. The average Bonchev–Trinajstić information content (AvgIpc) is 2.92. The third-order valence-electron chi connectivity index (χ3n) is 3.10. The Bertz CT molecular complexity index is 846. The molecule has 3 aromatic rings. The summed E-state index contributed by atoms with van der Waals surface area (Å²) in [5.74, 6) is -0.796. The molecule has 0 radical (unpaired) electrons. The van der Waals surface area contributed by atoms with E-state index in [2.05, 4.69) is 26.0 Å². The van der Waals surface area contributed by atoms with Crippen molar-refractivity contribution in [3.8, 4) is 11.3 Å². The van der Waals surface area contributed by atoms with Crippen LogP contribution in [0.5, 0.6) is 0 Å². The number of carbonyl (C=O) groups excluding carboxylic acids is 1. The van der Waals surface area contributed by atoms with Gasteiger partial charge in [-0.1, -0.05) is 0 Å². The highest BCUT2D eigenvalue weighted by Gasteiger charge is 2.18. The topological polar surface area (TPSA) is 56.5 Å². The molecule has 0 N–H and O–H groups in total. The van der Waals surface area contributed by atoms with E-state index < -0.39 is 5.97 Å². The van der Waals surface area contributed by atoms with Crippen molar-refractivity contribution in [1.82, 2.24) is 14.6 Å². The van der Waals surface area contributed by atoms with Gasteiger partial charge in [0.1, 0.15) is 11.4 Å². The average molecular weight is 364 g/mol. The number of nitrogens with zero attached hydrogens (tertiary/aromatic N) is 3. The van der Waals surface area contributed by atoms with Crippen molar-refractivity contribution in [2.45, 2.75) is 6.92 Å². The molecule has 7 heteroatoms. The van der Waals surface area contributed by atoms with Crippen molar-refractivity contribution in [3.05, 3.63) is 52.5 Å². The second-order valence-electron chi connectivity index (χ2n) is 4.48. The Labute approximate surface area is 133 Å². The van der Waals surface area contributed by atoms with Gasteiger partial charge in [-0.05, 0) is 47.1 Å². The summed E-state index contributed by atoms with van der Waals surface area (Å²) in [7, 11) is 0. The first-order valence-electron chi connectivity index (χ1n) is 6.57. The lowest BCUT2D eigenvalue weighted by Gasteiger charge is -2.07. The number of halogens is 2. The van der Waals surface area contributed by atoms with Crippen LogP contribution in [0.3, 0.4) is 0 Å². The first-order valence-corrected chi connectivity index (χ1v) is 7.36. The van der Waals surface area contributed by atoms with E-state index in [-0.39, 0.29) is 18.0 Å². The van der Waals surface area contributed by atoms with Gasteiger partial charge >= 0.3 is 5.97 Å². The molecule has 0 amide bonds. The lowest BCUT2D eigenvalue weighted by Crippen LogP contribution is -2.05. The molecule has 0 bridgehead atoms. The number of fused-ring (bicyclic) bond motifs is 1. The number of hydrogen-bond acceptors (Lipinski definition) is 4. The second-order valence-corrected chi connectivity index (χ2v) is 5.33. The largest absolute Gasteiger partial charge is 0.462 e. The summed E-state index contributed by atoms with van der Waals surface area (Å²) >= 11 is 3.42. The zero-order valence-corrected chi connectivity index (χ0v) is 13.2. The first kappa shape index (κ1) is 14.6. The van der Waals surface area contributed by atoms with Crippen LogP contribution in [0, 0.1) is 5.82 Å². The molecule has 0 spiro atoms. The van der Waals surface area contributed by atoms with E-state index in [4.69, 9.17) is 4.74 Å². The van der Waals surface area contributed by atoms with Gasteiger partial charge in [0.15, 0.2) is 5.65 Å². The van der Waals surface area contributed by atoms with E-state index in [1.54, 1.807) is 25.3 Å². The van der Waals surface area contributed by atoms with Crippen LogP contribution in [0.4, 0.5) is 4.39 Å². The van der Waals surface area contributed by atoms with Gasteiger partial charge in [0.25, 0.3) is 0 Å². The Balaban J connectivity index is 2.20. The van der Waals surface area contributed by atoms with Crippen LogP contribution in [0.15, 0.2) is 41.1 Å². The number of rotatable bonds is 3. The van der Waals surface area contributed by atoms with Crippen molar-refractivity contribution in [2.24, 2.45) is 0 Å². The molecule has 5 nitrogen and oxygen atoms in total. The van der Waals surface area contributed by atoms with Gasteiger partial charge < -0.3 is 4.74 Å². The number of carbonyl (C=O) groups is 1. The van der Waals surface area contributed by atoms with Crippen LogP contribution in [0.25, 0.3) is 16.9 Å². The molecule has 22 heavy (non-hydrogen) atoms. The maximum absolute atomic E-state index is 13.1. The summed E-state index contributed by atoms with van der Waals surface area (Å²) in [6, 6.07) is 6.01. The van der Waals surface area contributed by atoms with Gasteiger partial charge in [0.05, 0.1) is 23.0 Å². The van der Waals surface area contributed by atoms with Crippen LogP contribution in [-0.2, 0) is 4.74 Å². The highest BCUT2D eigenvalue weighted by atomic mass is 79.9. The Morgan fingerprint density at radius 1 is 1.32 bits per heavy atom. The van der Waals surface area contributed by atoms with E-state index >= 15 is 0 Å². The Morgan fingerprint density at radius 3 is 2.73 bits per heavy atom. The Hall–Kier alpha value is -2.28. The highest BCUT2D eigenvalue weighted by Crippen LogP contribution is 2.29. The molecule has 2 heterocycles. The molecule has 0 atom stereocenters. The standard InChI is InChI=1S/C15H11BrFN3O2/c1-2-22-15(21)11-7-19-20-13(12(16)8-18-14(11)20)9-3-5-10(17)6-4-9/h3-8H,2H2,1H3. The van der Waals surface area contributed by atoms with Gasteiger partial charge in [0, 0.05) is 11.8 Å². The van der Waals surface area contributed by atoms with Crippen LogP contribution in [-0.4, -0.2) is 27.2 Å². The van der Waals surface area contributed by atoms with Crippen molar-refractivity contribution >= 4 is 27.5 Å². The molecule has 0 saturated heterocycles. The number of aromatic nitrogens is 3. The van der Waals surface area contributed by atoms with Crippen LogP contribution in [0.1, 0.15) is 17.3 Å². The van der Waals surface area contributed by atoms with Crippen LogP contribution >= 0.6 is 15.9 Å². The highest BCUT2D eigenvalue weighted by molar-refractivity contribution is 9.10. The normalized spacial score (nSPS) is 10.9. The van der Waals surface area contributed by atoms with Crippen molar-refractivity contribution in [2.75, 3.05) is 6.61 Å². The molecule has 2 aromatic heterocycles. The molecule has 3 rings (SSSR count). The molecular formula is C15H11BrFN3O2. The van der Waals surface area contributed by atoms with Gasteiger partial charge in [-0.25, -0.2) is 18.7 Å². The lowest BCUT2D eigenvalue weighted by molar-refractivity contribution is 0.0528. The summed E-state index contributed by atoms with van der Waals surface area (Å²) in [4.78, 5) is 16.1. The molecule has 0 fully saturated rings. The fraction of sp³-hybridized carbons (Fsp3) is 0.133. The third kappa shape index (κ3) is 2.48. The molecule has 1 aromatic carbocycles. The SMILES string of the molecule is CCOC(=O)c1cnn2c(-c3ccc(F)cc3)c(Br)cnc12. The lowest BCUT2D eigenvalue weighted by atomic mass is 10.1. The first-order chi connectivity index (χ1) is 10.6. The van der Waals surface area contributed by atoms with Gasteiger partial charge in [-0.15, -0.1) is 0 Å². The summed E-state index contributed by atoms with van der Waals surface area (Å²) in [6.07, 6.45) is 3.00. The van der Waals surface area contributed by atoms with Crippen molar-refractivity contribution in [3.63, 3.8) is 0 Å². The molecule has 112 valence electrons. The zero-order chi connectivity index (χ0) is 15.7. The number of benzene rings is 1. The second kappa shape index (κ2) is 5.84. The predicted molar refractivity (Wildman–Crippen MR) is 82.0 cm³/mol. The van der Waals surface area contributed by atoms with Gasteiger partial charge in [-0.3, -0.25) is 0 Å². The van der Waals surface area contributed by atoms with E-state index in [9.17, 15) is 9.18 Å². The van der Waals surface area contributed by atoms with Crippen LogP contribution < -0.4 is 0 Å². The number of ether oxygens (including phenoxy) is 1. The Kier molecular flexibility index (Phi) is 3.89. The molecule has 0 saturated carbocycles. The summed E-state index contributed by atoms with van der Waals surface area (Å²) in [6.45, 7) is 2.01. The monoisotopic (exact) mass is 363 g/mol. The van der Waals surface area contributed by atoms with E-state index in [0.717, 1.165) is 5.56 Å². The molecule has 0 aliphatic carbocycles. The minimum absolute atomic E-state index is 0.275. The van der Waals surface area contributed by atoms with Crippen molar-refractivity contribution in [1.29, 1.82) is 0 Å². The fourth-order valence-corrected chi connectivity index (χ4v) is 2.63. The molecular weight excluding hydrogens is 353 g/mol. The quantitative estimate of drug-likeness (QED) is 0.668. The van der Waals surface area contributed by atoms with Crippen molar-refractivity contribution < 1.29 is 13.9 Å². The van der Waals surface area contributed by atoms with Gasteiger partial charge in [-0.2, -0.15) is 5.10 Å². The maximum Gasteiger partial charge on any atom is 0.343 e. The summed E-state index contributed by atoms with van der Waals surface area (Å²) in [5.41, 5.74) is 2.11. The summed E-state index contributed by atoms with van der Waals surface area (Å²) < 4.78 is 20.3. The van der Waals surface area contributed by atoms with E-state index in [1.165, 1.54) is 22.8 Å². The molecule has 0 aliphatic rings. The van der Waals surface area contributed by atoms with Crippen LogP contribution in [0.2, 0.25) is 0 Å².